The van der Waals surface area contributed by atoms with Crippen molar-refractivity contribution in [2.45, 2.75) is 92.1 Å². The fourth-order valence-corrected chi connectivity index (χ4v) is 4.13. The van der Waals surface area contributed by atoms with Gasteiger partial charge in [0.05, 0.1) is 19.8 Å². The van der Waals surface area contributed by atoms with Crippen LogP contribution in [0.3, 0.4) is 0 Å². The van der Waals surface area contributed by atoms with Gasteiger partial charge in [-0.25, -0.2) is 0 Å². The maximum atomic E-state index is 10.6. The molecule has 3 aliphatic heterocycles. The van der Waals surface area contributed by atoms with Crippen molar-refractivity contribution in [3.63, 3.8) is 0 Å². The number of aliphatic hydroxyl groups excluding tert-OH is 10. The van der Waals surface area contributed by atoms with Gasteiger partial charge in [-0.15, -0.1) is 0 Å². The summed E-state index contributed by atoms with van der Waals surface area (Å²) in [6.45, 7) is -1.97. The monoisotopic (exact) mass is 518 g/mol. The van der Waals surface area contributed by atoms with Crippen LogP contribution in [-0.4, -0.2) is 170 Å². The lowest BCUT2D eigenvalue weighted by Crippen LogP contribution is -2.65. The second-order valence-corrected chi connectivity index (χ2v) is 8.59. The molecule has 3 aliphatic rings. The second-order valence-electron chi connectivity index (χ2n) is 8.59. The van der Waals surface area contributed by atoms with E-state index < -0.39 is 112 Å². The quantitative estimate of drug-likeness (QED) is 0.143. The summed E-state index contributed by atoms with van der Waals surface area (Å²) in [4.78, 5) is 0. The first-order chi connectivity index (χ1) is 16.5. The van der Waals surface area contributed by atoms with Gasteiger partial charge in [0, 0.05) is 7.11 Å². The van der Waals surface area contributed by atoms with Gasteiger partial charge in [0.15, 0.2) is 18.9 Å². The lowest BCUT2D eigenvalue weighted by Gasteiger charge is -2.46. The smallest absolute Gasteiger partial charge is 0.187 e. The predicted octanol–water partition coefficient (Wildman–Crippen LogP) is -6.92. The Morgan fingerprint density at radius 3 is 1.60 bits per heavy atom. The van der Waals surface area contributed by atoms with Crippen molar-refractivity contribution in [1.29, 1.82) is 0 Å². The van der Waals surface area contributed by atoms with Gasteiger partial charge in [-0.05, 0) is 0 Å². The van der Waals surface area contributed by atoms with E-state index in [4.69, 9.17) is 28.4 Å². The normalized spacial score (nSPS) is 51.3. The zero-order chi connectivity index (χ0) is 26.0. The van der Waals surface area contributed by atoms with Crippen molar-refractivity contribution in [3.05, 3.63) is 0 Å². The Hall–Kier alpha value is -0.640. The van der Waals surface area contributed by atoms with Crippen molar-refractivity contribution >= 4 is 0 Å². The third kappa shape index (κ3) is 5.93. The van der Waals surface area contributed by atoms with E-state index in [1.165, 1.54) is 7.11 Å². The Morgan fingerprint density at radius 1 is 0.543 bits per heavy atom. The standard InChI is InChI=1S/C19H34O16/c1-30-17-13(27)11(25)9(23)7(34-17)4-31-18-15(29)12(26)16(6(3-21)33-18)35-19-14(28)10(24)8(22)5(2-20)32-19/h5-29H,2-4H2,1H3/t5-,6-,7+,8-,9+,10+,11-,12-,13+,14-,15-,16-,17+,18+,19-/m0/s1. The molecule has 0 radical (unpaired) electrons. The van der Waals surface area contributed by atoms with Crippen molar-refractivity contribution in [3.8, 4) is 0 Å². The third-order valence-corrected chi connectivity index (χ3v) is 6.29. The Labute approximate surface area is 199 Å². The van der Waals surface area contributed by atoms with E-state index in [0.29, 0.717) is 0 Å². The summed E-state index contributed by atoms with van der Waals surface area (Å²) < 4.78 is 31.7. The van der Waals surface area contributed by atoms with E-state index in [-0.39, 0.29) is 0 Å². The van der Waals surface area contributed by atoms with Crippen LogP contribution in [0.1, 0.15) is 0 Å². The molecule has 0 unspecified atom stereocenters. The molecular formula is C19H34O16. The van der Waals surface area contributed by atoms with Gasteiger partial charge in [0.1, 0.15) is 73.2 Å². The first-order valence-electron chi connectivity index (χ1n) is 11.0. The molecule has 3 saturated heterocycles. The molecule has 16 nitrogen and oxygen atoms in total. The molecule has 0 bridgehead atoms. The van der Waals surface area contributed by atoms with Gasteiger partial charge in [-0.1, -0.05) is 0 Å². The fraction of sp³-hybridized carbons (Fsp3) is 1.00. The molecule has 15 atom stereocenters. The summed E-state index contributed by atoms with van der Waals surface area (Å²) in [5.41, 5.74) is 0. The molecule has 0 saturated carbocycles. The van der Waals surface area contributed by atoms with Crippen LogP contribution in [0.25, 0.3) is 0 Å². The third-order valence-electron chi connectivity index (χ3n) is 6.29. The van der Waals surface area contributed by atoms with E-state index in [1.54, 1.807) is 0 Å². The van der Waals surface area contributed by atoms with Gasteiger partial charge in [0.2, 0.25) is 0 Å². The highest BCUT2D eigenvalue weighted by atomic mass is 16.8. The molecule has 35 heavy (non-hydrogen) atoms. The lowest BCUT2D eigenvalue weighted by molar-refractivity contribution is -0.364. The average molecular weight is 518 g/mol. The molecule has 0 spiro atoms. The van der Waals surface area contributed by atoms with E-state index in [9.17, 15) is 51.1 Å². The van der Waals surface area contributed by atoms with Crippen LogP contribution < -0.4 is 0 Å². The predicted molar refractivity (Wildman–Crippen MR) is 106 cm³/mol. The first-order valence-corrected chi connectivity index (χ1v) is 11.0. The number of hydrogen-bond donors (Lipinski definition) is 10. The Bertz CT molecular complexity index is 648. The van der Waals surface area contributed by atoms with E-state index in [2.05, 4.69) is 0 Å². The molecule has 0 amide bonds. The van der Waals surface area contributed by atoms with Crippen LogP contribution >= 0.6 is 0 Å². The molecular weight excluding hydrogens is 484 g/mol. The minimum Gasteiger partial charge on any atom is -0.394 e. The first kappa shape index (κ1) is 28.9. The minimum atomic E-state index is -1.80. The maximum absolute atomic E-state index is 10.6. The van der Waals surface area contributed by atoms with Crippen molar-refractivity contribution in [1.82, 2.24) is 0 Å². The van der Waals surface area contributed by atoms with E-state index in [0.717, 1.165) is 0 Å². The summed E-state index contributed by atoms with van der Waals surface area (Å²) in [6, 6.07) is 0. The van der Waals surface area contributed by atoms with Crippen molar-refractivity contribution in [2.24, 2.45) is 0 Å². The van der Waals surface area contributed by atoms with Gasteiger partial charge < -0.3 is 79.5 Å². The van der Waals surface area contributed by atoms with Gasteiger partial charge >= 0.3 is 0 Å². The largest absolute Gasteiger partial charge is 0.394 e. The Balaban J connectivity index is 1.63. The molecule has 0 aromatic heterocycles. The van der Waals surface area contributed by atoms with Crippen LogP contribution in [0, 0.1) is 0 Å². The van der Waals surface area contributed by atoms with Crippen LogP contribution in [-0.2, 0) is 28.4 Å². The average Bonchev–Trinajstić information content (AvgIpc) is 2.85. The minimum absolute atomic E-state index is 0.490. The second kappa shape index (κ2) is 12.3. The SMILES string of the molecule is CO[C@@H]1O[C@H](CO[C@@H]2O[C@@H](CO)[C@H](O[C@@H]3O[C@@H](CO)[C@H](O)[C@@H](O)[C@@H]3O)[C@@H](O)[C@@H]2O)[C@@H](O)[C@H](O)[C@H]1O. The molecule has 3 rings (SSSR count). The maximum Gasteiger partial charge on any atom is 0.187 e. The molecule has 16 heteroatoms. The van der Waals surface area contributed by atoms with Crippen LogP contribution in [0.2, 0.25) is 0 Å². The van der Waals surface area contributed by atoms with Gasteiger partial charge in [-0.3, -0.25) is 0 Å². The van der Waals surface area contributed by atoms with Crippen LogP contribution in [0.15, 0.2) is 0 Å². The van der Waals surface area contributed by atoms with Gasteiger partial charge in [-0.2, -0.15) is 0 Å². The highest BCUT2D eigenvalue weighted by Gasteiger charge is 2.51. The van der Waals surface area contributed by atoms with Gasteiger partial charge in [0.25, 0.3) is 0 Å². The zero-order valence-electron chi connectivity index (χ0n) is 18.7. The summed E-state index contributed by atoms with van der Waals surface area (Å²) in [6.07, 6.45) is -23.4. The lowest BCUT2D eigenvalue weighted by atomic mass is 9.97. The number of ether oxygens (including phenoxy) is 6. The summed E-state index contributed by atoms with van der Waals surface area (Å²) in [5, 5.41) is 99.9. The Morgan fingerprint density at radius 2 is 1.03 bits per heavy atom. The molecule has 3 heterocycles. The molecule has 0 aromatic rings. The van der Waals surface area contributed by atoms with Crippen LogP contribution in [0.4, 0.5) is 0 Å². The molecule has 0 aromatic carbocycles. The van der Waals surface area contributed by atoms with Crippen molar-refractivity contribution < 1.29 is 79.5 Å². The number of hydrogen-bond acceptors (Lipinski definition) is 16. The molecule has 3 fully saturated rings. The number of aliphatic hydroxyl groups is 10. The summed E-state index contributed by atoms with van der Waals surface area (Å²) in [7, 11) is 1.21. The van der Waals surface area contributed by atoms with Crippen molar-refractivity contribution in [2.75, 3.05) is 26.9 Å². The number of rotatable bonds is 8. The van der Waals surface area contributed by atoms with Crippen LogP contribution in [0.5, 0.6) is 0 Å². The zero-order valence-corrected chi connectivity index (χ0v) is 18.7. The number of methoxy groups -OCH3 is 1. The summed E-state index contributed by atoms with van der Waals surface area (Å²) in [5.74, 6) is 0. The molecule has 0 aliphatic carbocycles. The molecule has 206 valence electrons. The Kier molecular flexibility index (Phi) is 10.1. The van der Waals surface area contributed by atoms with E-state index >= 15 is 0 Å². The van der Waals surface area contributed by atoms with E-state index in [1.807, 2.05) is 0 Å². The topological polar surface area (TPSA) is 258 Å². The highest BCUT2D eigenvalue weighted by Crippen LogP contribution is 2.30. The summed E-state index contributed by atoms with van der Waals surface area (Å²) >= 11 is 0. The fourth-order valence-electron chi connectivity index (χ4n) is 4.13. The molecule has 10 N–H and O–H groups in total. The highest BCUT2D eigenvalue weighted by molar-refractivity contribution is 4.95.